The Morgan fingerprint density at radius 1 is 1.50 bits per heavy atom. The van der Waals surface area contributed by atoms with E-state index < -0.39 is 8.32 Å². The number of β-lactam (4-membered cyclic amide) rings is 1. The van der Waals surface area contributed by atoms with Crippen molar-refractivity contribution >= 4 is 29.2 Å². The summed E-state index contributed by atoms with van der Waals surface area (Å²) in [6.45, 7) is 20.5. The van der Waals surface area contributed by atoms with Gasteiger partial charge in [0, 0.05) is 0 Å². The first-order valence-corrected chi connectivity index (χ1v) is 14.1. The van der Waals surface area contributed by atoms with E-state index in [2.05, 4.69) is 65.3 Å². The second-order valence-electron chi connectivity index (χ2n) is 8.49. The van der Waals surface area contributed by atoms with Gasteiger partial charge >= 0.3 is 155 Å². The number of carbonyl (C=O) groups is 1. The standard InChI is InChI=1S/C19H33NO2SeSi/c1-9-13(2)15-10-11-20-17(21)16(18(20)23-12-15)14(3)22-24(7,8)19(4,5)6/h10,14,16,18H,2,9,11-12H2,1,3-8H3/t14-,16+,18-/m1/s1. The van der Waals surface area contributed by atoms with Crippen molar-refractivity contribution < 1.29 is 9.22 Å². The molecule has 0 aliphatic carbocycles. The first-order chi connectivity index (χ1) is 11.0. The van der Waals surface area contributed by atoms with Gasteiger partial charge in [-0.15, -0.1) is 0 Å². The molecule has 0 bridgehead atoms. The number of hydrogen-bond acceptors (Lipinski definition) is 2. The molecule has 0 N–H and O–H groups in total. The van der Waals surface area contributed by atoms with Crippen molar-refractivity contribution in [3.63, 3.8) is 0 Å². The molecule has 1 fully saturated rings. The van der Waals surface area contributed by atoms with E-state index in [0.29, 0.717) is 19.9 Å². The zero-order valence-corrected chi connectivity index (χ0v) is 19.0. The van der Waals surface area contributed by atoms with E-state index in [0.717, 1.165) is 18.3 Å². The van der Waals surface area contributed by atoms with Gasteiger partial charge in [-0.1, -0.05) is 0 Å². The predicted molar refractivity (Wildman–Crippen MR) is 105 cm³/mol. The van der Waals surface area contributed by atoms with Gasteiger partial charge in [0.1, 0.15) is 0 Å². The van der Waals surface area contributed by atoms with E-state index in [4.69, 9.17) is 4.43 Å². The van der Waals surface area contributed by atoms with Crippen LogP contribution >= 0.6 is 0 Å². The topological polar surface area (TPSA) is 29.5 Å². The summed E-state index contributed by atoms with van der Waals surface area (Å²) < 4.78 is 6.53. The van der Waals surface area contributed by atoms with Gasteiger partial charge in [-0.2, -0.15) is 0 Å². The first-order valence-electron chi connectivity index (χ1n) is 8.96. The van der Waals surface area contributed by atoms with Crippen LogP contribution in [0.25, 0.3) is 0 Å². The van der Waals surface area contributed by atoms with Gasteiger partial charge in [0.2, 0.25) is 0 Å². The van der Waals surface area contributed by atoms with Gasteiger partial charge in [-0.05, 0) is 0 Å². The fraction of sp³-hybridized carbons (Fsp3) is 0.737. The molecule has 2 rings (SSSR count). The van der Waals surface area contributed by atoms with Crippen molar-refractivity contribution in [2.45, 2.75) is 75.5 Å². The van der Waals surface area contributed by atoms with Crippen LogP contribution in [0.1, 0.15) is 41.0 Å². The maximum absolute atomic E-state index is 12.7. The molecule has 3 atom stereocenters. The van der Waals surface area contributed by atoms with Crippen LogP contribution in [-0.4, -0.2) is 51.7 Å². The molecule has 5 heteroatoms. The van der Waals surface area contributed by atoms with Crippen molar-refractivity contribution in [1.29, 1.82) is 0 Å². The first kappa shape index (κ1) is 20.0. The van der Waals surface area contributed by atoms with Gasteiger partial charge in [-0.3, -0.25) is 0 Å². The van der Waals surface area contributed by atoms with Crippen molar-refractivity contribution in [2.24, 2.45) is 5.92 Å². The Labute approximate surface area is 155 Å². The third kappa shape index (κ3) is 3.74. The van der Waals surface area contributed by atoms with Gasteiger partial charge in [0.25, 0.3) is 0 Å². The number of hydrogen-bond donors (Lipinski definition) is 0. The van der Waals surface area contributed by atoms with Crippen LogP contribution in [-0.2, 0) is 9.22 Å². The van der Waals surface area contributed by atoms with Crippen molar-refractivity contribution in [2.75, 3.05) is 6.54 Å². The van der Waals surface area contributed by atoms with Crippen molar-refractivity contribution in [3.05, 3.63) is 23.8 Å². The summed E-state index contributed by atoms with van der Waals surface area (Å²) in [5.41, 5.74) is 2.60. The monoisotopic (exact) mass is 415 g/mol. The molecular formula is C19H33NO2SeSi. The molecule has 2 aliphatic rings. The number of allylic oxidation sites excluding steroid dienone is 2. The third-order valence-electron chi connectivity index (χ3n) is 5.80. The summed E-state index contributed by atoms with van der Waals surface area (Å²) in [6.07, 6.45) is 3.24. The quantitative estimate of drug-likeness (QED) is 0.498. The van der Waals surface area contributed by atoms with E-state index in [9.17, 15) is 4.79 Å². The maximum atomic E-state index is 12.7. The molecule has 0 radical (unpaired) electrons. The van der Waals surface area contributed by atoms with Crippen molar-refractivity contribution in [3.8, 4) is 0 Å². The van der Waals surface area contributed by atoms with Gasteiger partial charge in [0.15, 0.2) is 0 Å². The van der Waals surface area contributed by atoms with E-state index in [1.165, 1.54) is 11.1 Å². The van der Waals surface area contributed by atoms with Crippen molar-refractivity contribution in [1.82, 2.24) is 4.90 Å². The number of fused-ring (bicyclic) bond motifs is 1. The van der Waals surface area contributed by atoms with Crippen LogP contribution < -0.4 is 0 Å². The Morgan fingerprint density at radius 3 is 2.67 bits per heavy atom. The molecule has 0 aromatic rings. The molecule has 3 nitrogen and oxygen atoms in total. The molecule has 1 saturated heterocycles. The zero-order chi connectivity index (χ0) is 18.3. The van der Waals surface area contributed by atoms with E-state index in [-0.39, 0.29) is 23.0 Å². The molecule has 0 aromatic carbocycles. The predicted octanol–water partition coefficient (Wildman–Crippen LogP) is 4.21. The Hall–Kier alpha value is -0.354. The van der Waals surface area contributed by atoms with Gasteiger partial charge in [0.05, 0.1) is 0 Å². The second kappa shape index (κ2) is 7.10. The summed E-state index contributed by atoms with van der Waals surface area (Å²) in [5, 5.41) is 1.27. The molecule has 0 spiro atoms. The normalized spacial score (nSPS) is 26.2. The summed E-state index contributed by atoms with van der Waals surface area (Å²) >= 11 is 0.407. The van der Waals surface area contributed by atoms with E-state index in [1.807, 2.05) is 0 Å². The Balaban J connectivity index is 2.05. The molecule has 24 heavy (non-hydrogen) atoms. The molecule has 0 saturated carbocycles. The summed E-state index contributed by atoms with van der Waals surface area (Å²) in [6, 6.07) is 0. The second-order valence-corrected chi connectivity index (χ2v) is 15.6. The zero-order valence-electron chi connectivity index (χ0n) is 16.3. The molecule has 136 valence electrons. The molecule has 2 heterocycles. The van der Waals surface area contributed by atoms with Crippen LogP contribution in [0.4, 0.5) is 0 Å². The van der Waals surface area contributed by atoms with Crippen LogP contribution in [0.15, 0.2) is 23.8 Å². The fourth-order valence-electron chi connectivity index (χ4n) is 3.00. The summed E-state index contributed by atoms with van der Waals surface area (Å²) in [5.74, 6) is 0.342. The van der Waals surface area contributed by atoms with Crippen LogP contribution in [0.2, 0.25) is 23.5 Å². The van der Waals surface area contributed by atoms with E-state index in [1.54, 1.807) is 0 Å². The molecule has 1 amide bonds. The molecular weight excluding hydrogens is 381 g/mol. The minimum atomic E-state index is -1.84. The number of nitrogens with zero attached hydrogens (tertiary/aromatic N) is 1. The van der Waals surface area contributed by atoms with Crippen LogP contribution in [0, 0.1) is 5.92 Å². The minimum absolute atomic E-state index is 0.0254. The Morgan fingerprint density at radius 2 is 2.12 bits per heavy atom. The Bertz CT molecular complexity index is 550. The van der Waals surface area contributed by atoms with Crippen LogP contribution in [0.5, 0.6) is 0 Å². The van der Waals surface area contributed by atoms with Gasteiger partial charge < -0.3 is 0 Å². The number of carbonyl (C=O) groups excluding carboxylic acids is 1. The average molecular weight is 415 g/mol. The van der Waals surface area contributed by atoms with Gasteiger partial charge in [-0.25, -0.2) is 0 Å². The van der Waals surface area contributed by atoms with Crippen LogP contribution in [0.3, 0.4) is 0 Å². The molecule has 2 aliphatic heterocycles. The van der Waals surface area contributed by atoms with E-state index >= 15 is 0 Å². The number of rotatable bonds is 5. The SMILES string of the molecule is C=C(CC)C1=CCN2C(=O)[C@H]([C@@H](C)O[Si](C)(C)C(C)(C)C)[C@H]2[Se]C1. The fourth-order valence-corrected chi connectivity index (χ4v) is 7.76. The molecule has 0 aromatic heterocycles. The Kier molecular flexibility index (Phi) is 5.91. The number of amides is 1. The third-order valence-corrected chi connectivity index (χ3v) is 13.2. The average Bonchev–Trinajstić information content (AvgIpc) is 2.64. The summed E-state index contributed by atoms with van der Waals surface area (Å²) in [7, 11) is -1.84. The summed E-state index contributed by atoms with van der Waals surface area (Å²) in [4.78, 5) is 15.1. The molecule has 0 unspecified atom stereocenters.